The molecule has 0 aliphatic heterocycles. The number of hydrogen-bond acceptors (Lipinski definition) is 3. The molecule has 2 rings (SSSR count). The summed E-state index contributed by atoms with van der Waals surface area (Å²) >= 11 is 1.60. The molecule has 0 bridgehead atoms. The maximum absolute atomic E-state index is 11.0. The zero-order chi connectivity index (χ0) is 13.2. The monoisotopic (exact) mass is 268 g/mol. The number of carboxylic acids is 1. The molecule has 3 nitrogen and oxygen atoms in total. The van der Waals surface area contributed by atoms with E-state index in [9.17, 15) is 9.90 Å². The van der Waals surface area contributed by atoms with Crippen LogP contribution in [0.3, 0.4) is 0 Å². The van der Waals surface area contributed by atoms with Gasteiger partial charge in [-0.1, -0.05) is 12.8 Å². The van der Waals surface area contributed by atoms with Gasteiger partial charge in [-0.05, 0) is 43.7 Å². The van der Waals surface area contributed by atoms with E-state index in [0.29, 0.717) is 6.42 Å². The van der Waals surface area contributed by atoms with Gasteiger partial charge in [0.15, 0.2) is 0 Å². The lowest BCUT2D eigenvalue weighted by Crippen LogP contribution is -2.23. The molecule has 1 atom stereocenters. The van der Waals surface area contributed by atoms with Gasteiger partial charge in [-0.2, -0.15) is 0 Å². The Morgan fingerprint density at radius 3 is 2.61 bits per heavy atom. The third kappa shape index (κ3) is 3.12. The van der Waals surface area contributed by atoms with Gasteiger partial charge in [0.1, 0.15) is 0 Å². The second-order valence-corrected chi connectivity index (χ2v) is 6.77. The van der Waals surface area contributed by atoms with Crippen molar-refractivity contribution in [2.75, 3.05) is 0 Å². The summed E-state index contributed by atoms with van der Waals surface area (Å²) in [6.45, 7) is 2.02. The van der Waals surface area contributed by atoms with Crippen LogP contribution >= 0.6 is 11.3 Å². The molecule has 1 saturated carbocycles. The van der Waals surface area contributed by atoms with Gasteiger partial charge in [-0.3, -0.25) is 4.79 Å². The molecule has 1 aromatic heterocycles. The minimum atomic E-state index is -0.744. The Kier molecular flexibility index (Phi) is 4.07. The Morgan fingerprint density at radius 1 is 1.44 bits per heavy atom. The molecule has 1 unspecified atom stereocenters. The lowest BCUT2D eigenvalue weighted by Gasteiger charge is -2.29. The second-order valence-electron chi connectivity index (χ2n) is 5.45. The van der Waals surface area contributed by atoms with Crippen molar-refractivity contribution in [2.24, 2.45) is 5.41 Å². The summed E-state index contributed by atoms with van der Waals surface area (Å²) in [6.07, 6.45) is 4.29. The molecule has 0 spiro atoms. The Balaban J connectivity index is 2.07. The third-order valence-corrected chi connectivity index (χ3v) is 5.01. The summed E-state index contributed by atoms with van der Waals surface area (Å²) in [4.78, 5) is 13.1. The van der Waals surface area contributed by atoms with Crippen LogP contribution in [0.5, 0.6) is 0 Å². The third-order valence-electron chi connectivity index (χ3n) is 3.91. The lowest BCUT2D eigenvalue weighted by molar-refractivity contribution is -0.140. The van der Waals surface area contributed by atoms with E-state index in [0.717, 1.165) is 30.6 Å². The lowest BCUT2D eigenvalue weighted by atomic mass is 9.77. The van der Waals surface area contributed by atoms with Crippen LogP contribution in [0.25, 0.3) is 0 Å². The van der Waals surface area contributed by atoms with Gasteiger partial charge in [-0.25, -0.2) is 0 Å². The minimum absolute atomic E-state index is 0.189. The first-order chi connectivity index (χ1) is 8.51. The molecule has 4 heteroatoms. The van der Waals surface area contributed by atoms with Gasteiger partial charge in [0.05, 0.1) is 12.5 Å². The molecule has 0 amide bonds. The van der Waals surface area contributed by atoms with Gasteiger partial charge in [0.2, 0.25) is 0 Å². The van der Waals surface area contributed by atoms with Gasteiger partial charge in [0, 0.05) is 9.75 Å². The number of aliphatic hydroxyl groups is 1. The SMILES string of the molecule is Cc1ccc(C(O)CC2(CC(=O)O)CCCC2)s1. The highest BCUT2D eigenvalue weighted by Crippen LogP contribution is 2.47. The van der Waals surface area contributed by atoms with Crippen LogP contribution in [-0.4, -0.2) is 16.2 Å². The van der Waals surface area contributed by atoms with Gasteiger partial charge in [0.25, 0.3) is 0 Å². The number of rotatable bonds is 5. The molecule has 1 aliphatic rings. The van der Waals surface area contributed by atoms with Crippen LogP contribution in [0.2, 0.25) is 0 Å². The summed E-state index contributed by atoms with van der Waals surface area (Å²) in [5.74, 6) is -0.744. The Morgan fingerprint density at radius 2 is 2.11 bits per heavy atom. The van der Waals surface area contributed by atoms with Crippen LogP contribution in [0.1, 0.15) is 54.4 Å². The number of aryl methyl sites for hydroxylation is 1. The van der Waals surface area contributed by atoms with E-state index < -0.39 is 12.1 Å². The van der Waals surface area contributed by atoms with Crippen molar-refractivity contribution in [3.05, 3.63) is 21.9 Å². The Labute approximate surface area is 111 Å². The van der Waals surface area contributed by atoms with E-state index in [1.807, 2.05) is 19.1 Å². The molecule has 0 aromatic carbocycles. The summed E-state index contributed by atoms with van der Waals surface area (Å²) < 4.78 is 0. The van der Waals surface area contributed by atoms with Crippen LogP contribution in [0, 0.1) is 12.3 Å². The molecule has 18 heavy (non-hydrogen) atoms. The van der Waals surface area contributed by atoms with Crippen LogP contribution in [0.4, 0.5) is 0 Å². The summed E-state index contributed by atoms with van der Waals surface area (Å²) in [6, 6.07) is 3.95. The fourth-order valence-corrected chi connectivity index (χ4v) is 3.91. The quantitative estimate of drug-likeness (QED) is 0.859. The molecule has 1 fully saturated rings. The van der Waals surface area contributed by atoms with E-state index >= 15 is 0 Å². The number of aliphatic carboxylic acids is 1. The zero-order valence-corrected chi connectivity index (χ0v) is 11.5. The minimum Gasteiger partial charge on any atom is -0.481 e. The molecular formula is C14H20O3S. The maximum Gasteiger partial charge on any atom is 0.303 e. The molecule has 100 valence electrons. The summed E-state index contributed by atoms with van der Waals surface area (Å²) in [5.41, 5.74) is -0.191. The summed E-state index contributed by atoms with van der Waals surface area (Å²) in [5, 5.41) is 19.3. The summed E-state index contributed by atoms with van der Waals surface area (Å²) in [7, 11) is 0. The maximum atomic E-state index is 11.0. The average molecular weight is 268 g/mol. The van der Waals surface area contributed by atoms with E-state index in [1.165, 1.54) is 4.88 Å². The normalized spacial score (nSPS) is 19.9. The number of thiophene rings is 1. The fraction of sp³-hybridized carbons (Fsp3) is 0.643. The van der Waals surface area contributed by atoms with Crippen molar-refractivity contribution in [3.8, 4) is 0 Å². The first kappa shape index (κ1) is 13.6. The van der Waals surface area contributed by atoms with Crippen LogP contribution in [0.15, 0.2) is 12.1 Å². The van der Waals surface area contributed by atoms with Crippen molar-refractivity contribution in [1.82, 2.24) is 0 Å². The molecular weight excluding hydrogens is 248 g/mol. The van der Waals surface area contributed by atoms with Crippen LogP contribution < -0.4 is 0 Å². The predicted octanol–water partition coefficient (Wildman–Crippen LogP) is 3.52. The fourth-order valence-electron chi connectivity index (χ4n) is 3.04. The van der Waals surface area contributed by atoms with E-state index in [-0.39, 0.29) is 11.8 Å². The zero-order valence-electron chi connectivity index (χ0n) is 10.7. The molecule has 0 radical (unpaired) electrons. The Hall–Kier alpha value is -0.870. The first-order valence-electron chi connectivity index (χ1n) is 6.47. The topological polar surface area (TPSA) is 57.5 Å². The van der Waals surface area contributed by atoms with Crippen molar-refractivity contribution < 1.29 is 15.0 Å². The molecule has 2 N–H and O–H groups in total. The van der Waals surface area contributed by atoms with Crippen molar-refractivity contribution in [2.45, 2.75) is 51.6 Å². The predicted molar refractivity (Wildman–Crippen MR) is 71.8 cm³/mol. The second kappa shape index (κ2) is 5.41. The highest BCUT2D eigenvalue weighted by Gasteiger charge is 2.38. The van der Waals surface area contributed by atoms with Gasteiger partial charge in [-0.15, -0.1) is 11.3 Å². The van der Waals surface area contributed by atoms with E-state index in [4.69, 9.17) is 5.11 Å². The highest BCUT2D eigenvalue weighted by molar-refractivity contribution is 7.12. The molecule has 1 aromatic rings. The number of aliphatic hydroxyl groups excluding tert-OH is 1. The Bertz CT molecular complexity index is 418. The number of carboxylic acid groups (broad SMARTS) is 1. The van der Waals surface area contributed by atoms with Crippen molar-refractivity contribution in [1.29, 1.82) is 0 Å². The first-order valence-corrected chi connectivity index (χ1v) is 7.29. The van der Waals surface area contributed by atoms with Crippen LogP contribution in [-0.2, 0) is 4.79 Å². The molecule has 1 heterocycles. The molecule has 1 aliphatic carbocycles. The van der Waals surface area contributed by atoms with Crippen molar-refractivity contribution in [3.63, 3.8) is 0 Å². The van der Waals surface area contributed by atoms with E-state index in [2.05, 4.69) is 0 Å². The number of hydrogen-bond donors (Lipinski definition) is 2. The number of carbonyl (C=O) groups is 1. The van der Waals surface area contributed by atoms with Gasteiger partial charge < -0.3 is 10.2 Å². The average Bonchev–Trinajstić information content (AvgIpc) is 2.87. The van der Waals surface area contributed by atoms with E-state index in [1.54, 1.807) is 11.3 Å². The highest BCUT2D eigenvalue weighted by atomic mass is 32.1. The van der Waals surface area contributed by atoms with Gasteiger partial charge >= 0.3 is 5.97 Å². The molecule has 0 saturated heterocycles. The smallest absolute Gasteiger partial charge is 0.303 e. The van der Waals surface area contributed by atoms with Crippen molar-refractivity contribution >= 4 is 17.3 Å². The standard InChI is InChI=1S/C14H20O3S/c1-10-4-5-12(18-10)11(15)8-14(9-13(16)17)6-2-3-7-14/h4-5,11,15H,2-3,6-9H2,1H3,(H,16,17). The largest absolute Gasteiger partial charge is 0.481 e.